The summed E-state index contributed by atoms with van der Waals surface area (Å²) in [7, 11) is 0. The van der Waals surface area contributed by atoms with E-state index in [0.29, 0.717) is 4.73 Å². The van der Waals surface area contributed by atoms with Crippen LogP contribution >= 0.6 is 15.9 Å². The fourth-order valence-electron chi connectivity index (χ4n) is 0.608. The van der Waals surface area contributed by atoms with Gasteiger partial charge in [-0.05, 0) is 29.8 Å². The maximum atomic E-state index is 12.3. The van der Waals surface area contributed by atoms with Crippen LogP contribution in [0.4, 0.5) is 4.39 Å². The minimum absolute atomic E-state index is 0.131. The number of hydrogen-bond donors (Lipinski definition) is 0. The van der Waals surface area contributed by atoms with Gasteiger partial charge in [0.25, 0.3) is 0 Å². The zero-order chi connectivity index (χ0) is 7.72. The number of nitrogens with zero attached hydrogens (tertiary/aromatic N) is 3. The second kappa shape index (κ2) is 2.65. The number of rotatable bonds is 1. The maximum Gasteiger partial charge on any atom is 0.328 e. The smallest absolute Gasteiger partial charge is 0.235 e. The SMILES string of the molecule is CC(C)n1nc(F)nc1Br. The quantitative estimate of drug-likeness (QED) is 0.703. The fourth-order valence-corrected chi connectivity index (χ4v) is 1.24. The monoisotopic (exact) mass is 207 g/mol. The van der Waals surface area contributed by atoms with E-state index in [9.17, 15) is 4.39 Å². The third-order valence-corrected chi connectivity index (χ3v) is 1.59. The summed E-state index contributed by atoms with van der Waals surface area (Å²) in [5, 5.41) is 3.50. The molecular formula is C5H7BrFN3. The second-order valence-electron chi connectivity index (χ2n) is 2.19. The van der Waals surface area contributed by atoms with Gasteiger partial charge in [0, 0.05) is 6.04 Å². The zero-order valence-corrected chi connectivity index (χ0v) is 7.26. The van der Waals surface area contributed by atoms with Crippen LogP contribution in [0.15, 0.2) is 4.73 Å². The number of aromatic nitrogens is 3. The lowest BCUT2D eigenvalue weighted by molar-refractivity contribution is 0.472. The summed E-state index contributed by atoms with van der Waals surface area (Å²) in [6.07, 6.45) is -0.694. The van der Waals surface area contributed by atoms with Gasteiger partial charge in [-0.15, -0.1) is 5.10 Å². The third-order valence-electron chi connectivity index (χ3n) is 1.05. The van der Waals surface area contributed by atoms with E-state index in [1.54, 1.807) is 0 Å². The van der Waals surface area contributed by atoms with Crippen LogP contribution in [0.3, 0.4) is 0 Å². The first kappa shape index (κ1) is 7.65. The second-order valence-corrected chi connectivity index (χ2v) is 2.90. The molecule has 0 fully saturated rings. The highest BCUT2D eigenvalue weighted by molar-refractivity contribution is 9.10. The van der Waals surface area contributed by atoms with Crippen molar-refractivity contribution >= 4 is 15.9 Å². The Morgan fingerprint density at radius 2 is 2.20 bits per heavy atom. The van der Waals surface area contributed by atoms with E-state index in [2.05, 4.69) is 26.0 Å². The average molecular weight is 208 g/mol. The van der Waals surface area contributed by atoms with Gasteiger partial charge in [-0.2, -0.15) is 9.37 Å². The Balaban J connectivity index is 3.03. The Bertz CT molecular complexity index is 233. The van der Waals surface area contributed by atoms with E-state index < -0.39 is 6.08 Å². The topological polar surface area (TPSA) is 30.7 Å². The summed E-state index contributed by atoms with van der Waals surface area (Å²) in [4.78, 5) is 3.43. The largest absolute Gasteiger partial charge is 0.328 e. The van der Waals surface area contributed by atoms with Crippen LogP contribution in [-0.2, 0) is 0 Å². The van der Waals surface area contributed by atoms with Crippen molar-refractivity contribution in [1.29, 1.82) is 0 Å². The van der Waals surface area contributed by atoms with Gasteiger partial charge in [-0.3, -0.25) is 0 Å². The molecule has 1 heterocycles. The normalized spacial score (nSPS) is 10.9. The van der Waals surface area contributed by atoms with Gasteiger partial charge >= 0.3 is 6.08 Å². The van der Waals surface area contributed by atoms with Crippen molar-refractivity contribution in [2.45, 2.75) is 19.9 Å². The number of halogens is 2. The maximum absolute atomic E-state index is 12.3. The Hall–Kier alpha value is -0.450. The van der Waals surface area contributed by atoms with Gasteiger partial charge in [-0.1, -0.05) is 0 Å². The van der Waals surface area contributed by atoms with E-state index in [1.807, 2.05) is 13.8 Å². The standard InChI is InChI=1S/C5H7BrFN3/c1-3(2)10-4(6)8-5(7)9-10/h3H,1-2H3. The summed E-state index contributed by atoms with van der Waals surface area (Å²) in [5.41, 5.74) is 0. The van der Waals surface area contributed by atoms with E-state index in [0.717, 1.165) is 0 Å². The molecule has 56 valence electrons. The zero-order valence-electron chi connectivity index (χ0n) is 5.67. The van der Waals surface area contributed by atoms with E-state index in [4.69, 9.17) is 0 Å². The van der Waals surface area contributed by atoms with Crippen LogP contribution in [0, 0.1) is 6.08 Å². The van der Waals surface area contributed by atoms with Crippen molar-refractivity contribution in [3.63, 3.8) is 0 Å². The molecule has 0 unspecified atom stereocenters. The van der Waals surface area contributed by atoms with Crippen molar-refractivity contribution in [2.75, 3.05) is 0 Å². The Morgan fingerprint density at radius 1 is 1.60 bits per heavy atom. The van der Waals surface area contributed by atoms with Crippen molar-refractivity contribution < 1.29 is 4.39 Å². The highest BCUT2D eigenvalue weighted by atomic mass is 79.9. The van der Waals surface area contributed by atoms with Gasteiger partial charge in [0.2, 0.25) is 0 Å². The van der Waals surface area contributed by atoms with Crippen LogP contribution in [0.5, 0.6) is 0 Å². The molecule has 1 rings (SSSR count). The Labute approximate surface area is 66.4 Å². The molecule has 3 nitrogen and oxygen atoms in total. The summed E-state index contributed by atoms with van der Waals surface area (Å²) in [6, 6.07) is 0.131. The van der Waals surface area contributed by atoms with Gasteiger partial charge in [0.05, 0.1) is 0 Å². The van der Waals surface area contributed by atoms with Gasteiger partial charge in [0.1, 0.15) is 0 Å². The van der Waals surface area contributed by atoms with Crippen molar-refractivity contribution in [2.24, 2.45) is 0 Å². The van der Waals surface area contributed by atoms with Crippen molar-refractivity contribution in [1.82, 2.24) is 14.8 Å². The molecule has 0 aromatic carbocycles. The molecule has 0 aliphatic heterocycles. The molecule has 0 spiro atoms. The molecule has 10 heavy (non-hydrogen) atoms. The molecule has 0 aliphatic rings. The minimum atomic E-state index is -0.694. The lowest BCUT2D eigenvalue weighted by Crippen LogP contribution is -2.02. The molecule has 0 atom stereocenters. The van der Waals surface area contributed by atoms with Crippen LogP contribution in [0.2, 0.25) is 0 Å². The first-order valence-electron chi connectivity index (χ1n) is 2.89. The predicted molar refractivity (Wildman–Crippen MR) is 38.1 cm³/mol. The lowest BCUT2D eigenvalue weighted by Gasteiger charge is -2.03. The molecule has 0 amide bonds. The molecular weight excluding hydrogens is 201 g/mol. The van der Waals surface area contributed by atoms with E-state index in [1.165, 1.54) is 4.68 Å². The number of hydrogen-bond acceptors (Lipinski definition) is 2. The van der Waals surface area contributed by atoms with Crippen LogP contribution < -0.4 is 0 Å². The van der Waals surface area contributed by atoms with Gasteiger partial charge in [-0.25, -0.2) is 4.68 Å². The van der Waals surface area contributed by atoms with Crippen molar-refractivity contribution in [3.05, 3.63) is 10.8 Å². The summed E-state index contributed by atoms with van der Waals surface area (Å²) in [5.74, 6) is 0. The van der Waals surface area contributed by atoms with Crippen LogP contribution in [-0.4, -0.2) is 14.8 Å². The lowest BCUT2D eigenvalue weighted by atomic mass is 10.4. The predicted octanol–water partition coefficient (Wildman–Crippen LogP) is 1.76. The summed E-state index contributed by atoms with van der Waals surface area (Å²) in [6.45, 7) is 3.80. The molecule has 1 aromatic rings. The highest BCUT2D eigenvalue weighted by Crippen LogP contribution is 2.11. The van der Waals surface area contributed by atoms with Gasteiger partial charge in [0.15, 0.2) is 4.73 Å². The summed E-state index contributed by atoms with van der Waals surface area (Å²) < 4.78 is 14.2. The minimum Gasteiger partial charge on any atom is -0.235 e. The molecule has 5 heteroatoms. The first-order valence-corrected chi connectivity index (χ1v) is 3.68. The molecule has 0 N–H and O–H groups in total. The van der Waals surface area contributed by atoms with Crippen LogP contribution in [0.1, 0.15) is 19.9 Å². The van der Waals surface area contributed by atoms with Gasteiger partial charge < -0.3 is 0 Å². The summed E-state index contributed by atoms with van der Waals surface area (Å²) >= 11 is 3.07. The Kier molecular flexibility index (Phi) is 2.03. The molecule has 0 aliphatic carbocycles. The van der Waals surface area contributed by atoms with E-state index >= 15 is 0 Å². The molecule has 0 bridgehead atoms. The molecule has 0 saturated carbocycles. The van der Waals surface area contributed by atoms with Crippen LogP contribution in [0.25, 0.3) is 0 Å². The average Bonchev–Trinajstić information content (AvgIpc) is 2.10. The molecule has 0 radical (unpaired) electrons. The third kappa shape index (κ3) is 1.34. The highest BCUT2D eigenvalue weighted by Gasteiger charge is 2.07. The fraction of sp³-hybridized carbons (Fsp3) is 0.600. The Morgan fingerprint density at radius 3 is 2.40 bits per heavy atom. The molecule has 0 saturated heterocycles. The van der Waals surface area contributed by atoms with Crippen molar-refractivity contribution in [3.8, 4) is 0 Å². The van der Waals surface area contributed by atoms with E-state index in [-0.39, 0.29) is 6.04 Å². The molecule has 1 aromatic heterocycles. The first-order chi connectivity index (χ1) is 4.61.